The number of rotatable bonds is 4. The van der Waals surface area contributed by atoms with Crippen LogP contribution in [0.25, 0.3) is 0 Å². The van der Waals surface area contributed by atoms with Crippen LogP contribution in [0.4, 0.5) is 10.1 Å². The molecule has 168 valence electrons. The van der Waals surface area contributed by atoms with Crippen LogP contribution in [0.15, 0.2) is 66.7 Å². The van der Waals surface area contributed by atoms with Gasteiger partial charge in [-0.1, -0.05) is 35.9 Å². The first kappa shape index (κ1) is 21.8. The second kappa shape index (κ2) is 8.39. The van der Waals surface area contributed by atoms with E-state index in [0.29, 0.717) is 34.3 Å². The second-order valence-electron chi connectivity index (χ2n) is 7.83. The number of nitrogens with zero attached hydrogens (tertiary/aromatic N) is 2. The fourth-order valence-electron chi connectivity index (χ4n) is 4.45. The molecule has 0 bridgehead atoms. The summed E-state index contributed by atoms with van der Waals surface area (Å²) in [6.45, 7) is 0.629. The summed E-state index contributed by atoms with van der Waals surface area (Å²) >= 11 is 7.79. The molecule has 0 aliphatic carbocycles. The molecule has 2 aliphatic rings. The van der Waals surface area contributed by atoms with Crippen molar-refractivity contribution >= 4 is 40.9 Å². The third-order valence-electron chi connectivity index (χ3n) is 6.00. The minimum atomic E-state index is -1.26. The van der Waals surface area contributed by atoms with Crippen LogP contribution >= 0.6 is 23.4 Å². The smallest absolute Gasteiger partial charge is 0.268 e. The Balaban J connectivity index is 1.63. The van der Waals surface area contributed by atoms with Crippen molar-refractivity contribution in [1.82, 2.24) is 4.90 Å². The Morgan fingerprint density at radius 3 is 2.73 bits per heavy atom. The van der Waals surface area contributed by atoms with Crippen LogP contribution in [0.2, 0.25) is 5.02 Å². The van der Waals surface area contributed by atoms with E-state index in [0.717, 1.165) is 5.56 Å². The number of methoxy groups -OCH3 is 1. The highest BCUT2D eigenvalue weighted by atomic mass is 35.5. The van der Waals surface area contributed by atoms with E-state index < -0.39 is 10.7 Å². The first-order valence-electron chi connectivity index (χ1n) is 10.4. The number of hydrogen-bond acceptors (Lipinski definition) is 4. The summed E-state index contributed by atoms with van der Waals surface area (Å²) in [5.74, 6) is 0.0517. The van der Waals surface area contributed by atoms with Crippen molar-refractivity contribution in [2.75, 3.05) is 24.3 Å². The van der Waals surface area contributed by atoms with Gasteiger partial charge >= 0.3 is 0 Å². The first-order valence-corrected chi connectivity index (χ1v) is 11.8. The summed E-state index contributed by atoms with van der Waals surface area (Å²) in [5.41, 5.74) is 2.40. The number of carbonyl (C=O) groups excluding carboxylic acids is 2. The minimum absolute atomic E-state index is 0.207. The van der Waals surface area contributed by atoms with Crippen molar-refractivity contribution in [2.24, 2.45) is 0 Å². The van der Waals surface area contributed by atoms with Gasteiger partial charge in [-0.3, -0.25) is 9.59 Å². The van der Waals surface area contributed by atoms with E-state index in [9.17, 15) is 14.0 Å². The number of anilines is 1. The van der Waals surface area contributed by atoms with E-state index >= 15 is 0 Å². The maximum Gasteiger partial charge on any atom is 0.268 e. The zero-order valence-corrected chi connectivity index (χ0v) is 19.3. The molecule has 0 N–H and O–H groups in total. The molecule has 1 saturated heterocycles. The molecule has 1 spiro atoms. The molecule has 2 aliphatic heterocycles. The van der Waals surface area contributed by atoms with Gasteiger partial charge in [-0.2, -0.15) is 0 Å². The van der Waals surface area contributed by atoms with Gasteiger partial charge in [0.25, 0.3) is 11.8 Å². The standard InChI is InChI=1S/C25H20ClFN2O3S/c1-32-19-9-10-22-20(14-19)25(24(31)28(22)15-17-5-2-3-8-21(17)26)29(11-12-33-25)23(30)16-6-4-7-18(27)13-16/h2-10,13-14H,11-12,15H2,1H3/t25-/m0/s1. The molecule has 0 unspecified atom stereocenters. The van der Waals surface area contributed by atoms with Gasteiger partial charge in [0.05, 0.1) is 19.3 Å². The van der Waals surface area contributed by atoms with Crippen LogP contribution in [0.3, 0.4) is 0 Å². The summed E-state index contributed by atoms with van der Waals surface area (Å²) in [4.78, 5) is 29.5. The van der Waals surface area contributed by atoms with Gasteiger partial charge in [-0.25, -0.2) is 4.39 Å². The molecule has 2 amide bonds. The Hall–Kier alpha value is -3.03. The lowest BCUT2D eigenvalue weighted by Gasteiger charge is -2.33. The van der Waals surface area contributed by atoms with Crippen molar-refractivity contribution in [1.29, 1.82) is 0 Å². The first-order chi connectivity index (χ1) is 16.0. The van der Waals surface area contributed by atoms with Crippen molar-refractivity contribution in [2.45, 2.75) is 11.4 Å². The van der Waals surface area contributed by atoms with E-state index in [1.807, 2.05) is 30.3 Å². The number of amides is 2. The SMILES string of the molecule is COc1ccc2c(c1)[C@]1(SCCN1C(=O)c1cccc(F)c1)C(=O)N2Cc1ccccc1Cl. The number of ether oxygens (including phenoxy) is 1. The number of carbonyl (C=O) groups is 2. The largest absolute Gasteiger partial charge is 0.497 e. The van der Waals surface area contributed by atoms with Gasteiger partial charge in [0.15, 0.2) is 4.87 Å². The third-order valence-corrected chi connectivity index (χ3v) is 7.79. The topological polar surface area (TPSA) is 49.9 Å². The maximum absolute atomic E-state index is 14.1. The molecular weight excluding hydrogens is 463 g/mol. The van der Waals surface area contributed by atoms with E-state index in [-0.39, 0.29) is 23.9 Å². The van der Waals surface area contributed by atoms with Gasteiger partial charge in [0, 0.05) is 28.4 Å². The predicted octanol–water partition coefficient (Wildman–Crippen LogP) is 5.08. The zero-order chi connectivity index (χ0) is 23.2. The second-order valence-corrected chi connectivity index (χ2v) is 9.52. The highest BCUT2D eigenvalue weighted by Gasteiger charge is 2.59. The van der Waals surface area contributed by atoms with E-state index in [1.165, 1.54) is 30.0 Å². The van der Waals surface area contributed by atoms with Gasteiger partial charge in [0.2, 0.25) is 0 Å². The minimum Gasteiger partial charge on any atom is -0.497 e. The average molecular weight is 483 g/mol. The fourth-order valence-corrected chi connectivity index (χ4v) is 6.10. The predicted molar refractivity (Wildman–Crippen MR) is 127 cm³/mol. The third kappa shape index (κ3) is 3.47. The molecule has 0 radical (unpaired) electrons. The molecule has 1 fully saturated rings. The van der Waals surface area contributed by atoms with Crippen LogP contribution in [0.1, 0.15) is 21.5 Å². The monoisotopic (exact) mass is 482 g/mol. The highest BCUT2D eigenvalue weighted by Crippen LogP contribution is 2.55. The van der Waals surface area contributed by atoms with Crippen LogP contribution in [-0.4, -0.2) is 36.1 Å². The number of fused-ring (bicyclic) bond motifs is 2. The van der Waals surface area contributed by atoms with Gasteiger partial charge in [-0.15, -0.1) is 11.8 Å². The maximum atomic E-state index is 14.1. The summed E-state index contributed by atoms with van der Waals surface area (Å²) in [7, 11) is 1.56. The molecule has 1 atom stereocenters. The molecule has 33 heavy (non-hydrogen) atoms. The molecule has 3 aromatic rings. The highest BCUT2D eigenvalue weighted by molar-refractivity contribution is 8.01. The van der Waals surface area contributed by atoms with Crippen molar-refractivity contribution < 1.29 is 18.7 Å². The van der Waals surface area contributed by atoms with Crippen molar-refractivity contribution in [3.05, 3.63) is 94.3 Å². The molecule has 2 heterocycles. The molecule has 8 heteroatoms. The summed E-state index contributed by atoms with van der Waals surface area (Å²) in [5, 5.41) is 0.563. The zero-order valence-electron chi connectivity index (χ0n) is 17.8. The Bertz CT molecular complexity index is 1270. The van der Waals surface area contributed by atoms with Crippen LogP contribution < -0.4 is 9.64 Å². The van der Waals surface area contributed by atoms with Gasteiger partial charge in [0.1, 0.15) is 11.6 Å². The molecule has 3 aromatic carbocycles. The van der Waals surface area contributed by atoms with E-state index in [1.54, 1.807) is 35.1 Å². The molecule has 0 saturated carbocycles. The van der Waals surface area contributed by atoms with Crippen LogP contribution in [0.5, 0.6) is 5.75 Å². The van der Waals surface area contributed by atoms with Crippen molar-refractivity contribution in [3.63, 3.8) is 0 Å². The Morgan fingerprint density at radius 1 is 1.15 bits per heavy atom. The fraction of sp³-hybridized carbons (Fsp3) is 0.200. The number of benzene rings is 3. The summed E-state index contributed by atoms with van der Waals surface area (Å²) < 4.78 is 19.3. The molecule has 0 aromatic heterocycles. The lowest BCUT2D eigenvalue weighted by atomic mass is 10.0. The van der Waals surface area contributed by atoms with E-state index in [2.05, 4.69) is 0 Å². The van der Waals surface area contributed by atoms with Gasteiger partial charge < -0.3 is 14.5 Å². The summed E-state index contributed by atoms with van der Waals surface area (Å²) in [6.07, 6.45) is 0. The van der Waals surface area contributed by atoms with Crippen LogP contribution in [-0.2, 0) is 16.2 Å². The molecule has 5 nitrogen and oxygen atoms in total. The molecular formula is C25H20ClFN2O3S. The van der Waals surface area contributed by atoms with Gasteiger partial charge in [-0.05, 0) is 48.0 Å². The lowest BCUT2D eigenvalue weighted by Crippen LogP contribution is -2.50. The number of halogens is 2. The Labute approximate surface area is 200 Å². The Kier molecular flexibility index (Phi) is 5.54. The Morgan fingerprint density at radius 2 is 1.97 bits per heavy atom. The van der Waals surface area contributed by atoms with Crippen LogP contribution in [0, 0.1) is 5.82 Å². The quantitative estimate of drug-likeness (QED) is 0.520. The average Bonchev–Trinajstić information content (AvgIpc) is 3.36. The normalized spacial score (nSPS) is 19.3. The van der Waals surface area contributed by atoms with Crippen molar-refractivity contribution in [3.8, 4) is 5.75 Å². The van der Waals surface area contributed by atoms with E-state index in [4.69, 9.17) is 16.3 Å². The number of thioether (sulfide) groups is 1. The molecule has 5 rings (SSSR count). The summed E-state index contributed by atoms with van der Waals surface area (Å²) in [6, 6.07) is 18.4. The lowest BCUT2D eigenvalue weighted by molar-refractivity contribution is -0.123. The number of hydrogen-bond donors (Lipinski definition) is 0.